The minimum atomic E-state index is 0.0256. The highest BCUT2D eigenvalue weighted by atomic mass is 16.5. The number of pyridine rings is 1. The minimum absolute atomic E-state index is 0.0256. The molecule has 1 fully saturated rings. The first-order valence-electron chi connectivity index (χ1n) is 5.79. The van der Waals surface area contributed by atoms with Gasteiger partial charge in [-0.05, 0) is 32.4 Å². The SMILES string of the molecule is CCNc1cccc(NC2(C)CCOC2)n1. The summed E-state index contributed by atoms with van der Waals surface area (Å²) in [6.07, 6.45) is 1.03. The van der Waals surface area contributed by atoms with Gasteiger partial charge in [-0.25, -0.2) is 4.98 Å². The van der Waals surface area contributed by atoms with E-state index in [-0.39, 0.29) is 5.54 Å². The van der Waals surface area contributed by atoms with E-state index in [0.29, 0.717) is 0 Å². The number of hydrogen-bond acceptors (Lipinski definition) is 4. The van der Waals surface area contributed by atoms with Gasteiger partial charge in [0.1, 0.15) is 11.6 Å². The monoisotopic (exact) mass is 221 g/mol. The smallest absolute Gasteiger partial charge is 0.128 e. The lowest BCUT2D eigenvalue weighted by Crippen LogP contribution is -2.35. The second kappa shape index (κ2) is 4.70. The Kier molecular flexibility index (Phi) is 3.29. The van der Waals surface area contributed by atoms with Crippen LogP contribution in [0.1, 0.15) is 20.3 Å². The third kappa shape index (κ3) is 2.64. The van der Waals surface area contributed by atoms with Crippen molar-refractivity contribution >= 4 is 11.6 Å². The second-order valence-corrected chi connectivity index (χ2v) is 4.43. The van der Waals surface area contributed by atoms with Crippen molar-refractivity contribution in [1.82, 2.24) is 4.98 Å². The number of rotatable bonds is 4. The molecule has 1 aliphatic heterocycles. The van der Waals surface area contributed by atoms with E-state index in [1.165, 1.54) is 0 Å². The zero-order valence-electron chi connectivity index (χ0n) is 9.92. The van der Waals surface area contributed by atoms with Crippen LogP contribution in [-0.4, -0.2) is 30.3 Å². The average Bonchev–Trinajstić information content (AvgIpc) is 2.66. The highest BCUT2D eigenvalue weighted by Crippen LogP contribution is 2.23. The molecule has 4 heteroatoms. The average molecular weight is 221 g/mol. The molecule has 1 aliphatic rings. The lowest BCUT2D eigenvalue weighted by molar-refractivity contribution is 0.185. The van der Waals surface area contributed by atoms with Crippen molar-refractivity contribution in [3.8, 4) is 0 Å². The van der Waals surface area contributed by atoms with Crippen LogP contribution in [-0.2, 0) is 4.74 Å². The molecule has 88 valence electrons. The molecule has 16 heavy (non-hydrogen) atoms. The molecule has 2 rings (SSSR count). The quantitative estimate of drug-likeness (QED) is 0.817. The molecule has 1 saturated heterocycles. The Morgan fingerprint density at radius 3 is 2.94 bits per heavy atom. The number of hydrogen-bond donors (Lipinski definition) is 2. The predicted molar refractivity (Wildman–Crippen MR) is 65.9 cm³/mol. The number of nitrogens with one attached hydrogen (secondary N) is 2. The van der Waals surface area contributed by atoms with Crippen molar-refractivity contribution in [2.75, 3.05) is 30.4 Å². The fourth-order valence-electron chi connectivity index (χ4n) is 1.86. The van der Waals surface area contributed by atoms with Gasteiger partial charge in [0.15, 0.2) is 0 Å². The fourth-order valence-corrected chi connectivity index (χ4v) is 1.86. The molecule has 0 aliphatic carbocycles. The molecule has 1 aromatic rings. The van der Waals surface area contributed by atoms with Crippen LogP contribution in [0.2, 0.25) is 0 Å². The summed E-state index contributed by atoms with van der Waals surface area (Å²) in [5, 5.41) is 6.64. The number of anilines is 2. The Bertz CT molecular complexity index is 348. The van der Waals surface area contributed by atoms with Crippen LogP contribution in [0.3, 0.4) is 0 Å². The van der Waals surface area contributed by atoms with E-state index in [4.69, 9.17) is 4.74 Å². The Hall–Kier alpha value is -1.29. The van der Waals surface area contributed by atoms with E-state index in [1.54, 1.807) is 0 Å². The first-order chi connectivity index (χ1) is 7.72. The topological polar surface area (TPSA) is 46.2 Å². The molecule has 0 aromatic carbocycles. The summed E-state index contributed by atoms with van der Waals surface area (Å²) in [5.74, 6) is 1.82. The summed E-state index contributed by atoms with van der Waals surface area (Å²) in [6, 6.07) is 5.97. The summed E-state index contributed by atoms with van der Waals surface area (Å²) in [4.78, 5) is 4.49. The van der Waals surface area contributed by atoms with Crippen LogP contribution in [0.25, 0.3) is 0 Å². The number of ether oxygens (including phenoxy) is 1. The van der Waals surface area contributed by atoms with Gasteiger partial charge in [-0.1, -0.05) is 6.07 Å². The first kappa shape index (κ1) is 11.2. The highest BCUT2D eigenvalue weighted by molar-refractivity contribution is 5.46. The largest absolute Gasteiger partial charge is 0.379 e. The zero-order chi connectivity index (χ0) is 11.4. The van der Waals surface area contributed by atoms with Gasteiger partial charge in [0.25, 0.3) is 0 Å². The molecule has 1 aromatic heterocycles. The summed E-state index contributed by atoms with van der Waals surface area (Å²) < 4.78 is 5.40. The highest BCUT2D eigenvalue weighted by Gasteiger charge is 2.29. The molecule has 0 spiro atoms. The van der Waals surface area contributed by atoms with Gasteiger partial charge in [0.2, 0.25) is 0 Å². The maximum atomic E-state index is 5.40. The van der Waals surface area contributed by atoms with Gasteiger partial charge in [-0.15, -0.1) is 0 Å². The Morgan fingerprint density at radius 1 is 1.44 bits per heavy atom. The third-order valence-electron chi connectivity index (χ3n) is 2.76. The van der Waals surface area contributed by atoms with Gasteiger partial charge in [-0.3, -0.25) is 0 Å². The molecule has 2 heterocycles. The molecule has 0 radical (unpaired) electrons. The van der Waals surface area contributed by atoms with Gasteiger partial charge in [-0.2, -0.15) is 0 Å². The second-order valence-electron chi connectivity index (χ2n) is 4.43. The number of nitrogens with zero attached hydrogens (tertiary/aromatic N) is 1. The van der Waals surface area contributed by atoms with Crippen molar-refractivity contribution in [2.24, 2.45) is 0 Å². The zero-order valence-corrected chi connectivity index (χ0v) is 9.92. The van der Waals surface area contributed by atoms with Gasteiger partial charge in [0, 0.05) is 13.2 Å². The number of aromatic nitrogens is 1. The molecular formula is C12H19N3O. The molecule has 1 unspecified atom stereocenters. The summed E-state index contributed by atoms with van der Waals surface area (Å²) in [6.45, 7) is 6.70. The molecular weight excluding hydrogens is 202 g/mol. The predicted octanol–water partition coefficient (Wildman–Crippen LogP) is 2.10. The standard InChI is InChI=1S/C12H19N3O/c1-3-13-10-5-4-6-11(14-10)15-12(2)7-8-16-9-12/h4-6H,3,7-9H2,1-2H3,(H2,13,14,15). The fraction of sp³-hybridized carbons (Fsp3) is 0.583. The molecule has 1 atom stereocenters. The van der Waals surface area contributed by atoms with Crippen molar-refractivity contribution in [3.63, 3.8) is 0 Å². The van der Waals surface area contributed by atoms with E-state index >= 15 is 0 Å². The first-order valence-corrected chi connectivity index (χ1v) is 5.79. The molecule has 0 saturated carbocycles. The maximum absolute atomic E-state index is 5.40. The summed E-state index contributed by atoms with van der Waals surface area (Å²) in [7, 11) is 0. The van der Waals surface area contributed by atoms with Crippen LogP contribution in [0.5, 0.6) is 0 Å². The lowest BCUT2D eigenvalue weighted by Gasteiger charge is -2.24. The van der Waals surface area contributed by atoms with Crippen molar-refractivity contribution in [1.29, 1.82) is 0 Å². The molecule has 4 nitrogen and oxygen atoms in total. The van der Waals surface area contributed by atoms with Crippen molar-refractivity contribution in [3.05, 3.63) is 18.2 Å². The van der Waals surface area contributed by atoms with Gasteiger partial charge < -0.3 is 15.4 Å². The molecule has 2 N–H and O–H groups in total. The van der Waals surface area contributed by atoms with Crippen LogP contribution in [0.4, 0.5) is 11.6 Å². The maximum Gasteiger partial charge on any atom is 0.128 e. The minimum Gasteiger partial charge on any atom is -0.379 e. The van der Waals surface area contributed by atoms with Crippen LogP contribution < -0.4 is 10.6 Å². The van der Waals surface area contributed by atoms with Crippen LogP contribution >= 0.6 is 0 Å². The Morgan fingerprint density at radius 2 is 2.25 bits per heavy atom. The lowest BCUT2D eigenvalue weighted by atomic mass is 10.0. The summed E-state index contributed by atoms with van der Waals surface area (Å²) in [5.41, 5.74) is 0.0256. The van der Waals surface area contributed by atoms with Crippen LogP contribution in [0.15, 0.2) is 18.2 Å². The Balaban J connectivity index is 2.05. The Labute approximate surface area is 96.4 Å². The van der Waals surface area contributed by atoms with Crippen molar-refractivity contribution < 1.29 is 4.74 Å². The van der Waals surface area contributed by atoms with E-state index < -0.39 is 0 Å². The molecule has 0 bridgehead atoms. The van der Waals surface area contributed by atoms with E-state index in [1.807, 2.05) is 18.2 Å². The summed E-state index contributed by atoms with van der Waals surface area (Å²) >= 11 is 0. The van der Waals surface area contributed by atoms with Crippen LogP contribution in [0, 0.1) is 0 Å². The third-order valence-corrected chi connectivity index (χ3v) is 2.76. The van der Waals surface area contributed by atoms with E-state index in [9.17, 15) is 0 Å². The normalized spacial score (nSPS) is 24.4. The van der Waals surface area contributed by atoms with Gasteiger partial charge in [0.05, 0.1) is 12.1 Å². The van der Waals surface area contributed by atoms with Gasteiger partial charge >= 0.3 is 0 Å². The van der Waals surface area contributed by atoms with Crippen molar-refractivity contribution in [2.45, 2.75) is 25.8 Å². The molecule has 0 amide bonds. The van der Waals surface area contributed by atoms with E-state index in [2.05, 4.69) is 29.5 Å². The van der Waals surface area contributed by atoms with E-state index in [0.717, 1.165) is 37.8 Å².